The Balaban J connectivity index is 2.57. The summed E-state index contributed by atoms with van der Waals surface area (Å²) in [6.07, 6.45) is 1.45. The molecule has 2 rings (SSSR count). The predicted molar refractivity (Wildman–Crippen MR) is 66.3 cm³/mol. The van der Waals surface area contributed by atoms with Gasteiger partial charge in [-0.1, -0.05) is 29.3 Å². The molecule has 0 amide bonds. The molecule has 18 heavy (non-hydrogen) atoms. The summed E-state index contributed by atoms with van der Waals surface area (Å²) in [6.45, 7) is -2.94. The number of rotatable bonds is 3. The topological polar surface area (TPSA) is 22.1 Å². The smallest absolute Gasteiger partial charge is 0.387 e. The van der Waals surface area contributed by atoms with E-state index in [2.05, 4.69) is 9.72 Å². The van der Waals surface area contributed by atoms with Crippen LogP contribution in [0.4, 0.5) is 8.78 Å². The quantitative estimate of drug-likeness (QED) is 0.820. The zero-order valence-corrected chi connectivity index (χ0v) is 10.4. The van der Waals surface area contributed by atoms with Crippen LogP contribution in [0.1, 0.15) is 0 Å². The van der Waals surface area contributed by atoms with Gasteiger partial charge in [0.2, 0.25) is 0 Å². The zero-order chi connectivity index (χ0) is 13.1. The number of pyridine rings is 1. The molecule has 1 aromatic heterocycles. The molecule has 0 bridgehead atoms. The first-order valence-corrected chi connectivity index (χ1v) is 5.69. The molecule has 0 fully saturated rings. The Morgan fingerprint density at radius 2 is 1.72 bits per heavy atom. The molecule has 94 valence electrons. The van der Waals surface area contributed by atoms with Gasteiger partial charge in [-0.05, 0) is 24.3 Å². The van der Waals surface area contributed by atoms with Crippen LogP contribution in [0.25, 0.3) is 11.3 Å². The maximum atomic E-state index is 12.3. The van der Waals surface area contributed by atoms with Crippen LogP contribution in [0.15, 0.2) is 36.5 Å². The summed E-state index contributed by atoms with van der Waals surface area (Å²) in [5.74, 6) is -0.0671. The Labute approximate surface area is 112 Å². The molecule has 0 aliphatic carbocycles. The van der Waals surface area contributed by atoms with E-state index in [1.165, 1.54) is 18.3 Å². The van der Waals surface area contributed by atoms with Crippen LogP contribution in [-0.2, 0) is 0 Å². The summed E-state index contributed by atoms with van der Waals surface area (Å²) in [7, 11) is 0. The van der Waals surface area contributed by atoms with Crippen LogP contribution < -0.4 is 4.74 Å². The fraction of sp³-hybridized carbons (Fsp3) is 0.0833. The first-order valence-electron chi connectivity index (χ1n) is 4.94. The van der Waals surface area contributed by atoms with Crippen molar-refractivity contribution in [1.82, 2.24) is 4.98 Å². The van der Waals surface area contributed by atoms with Crippen molar-refractivity contribution in [1.29, 1.82) is 0 Å². The van der Waals surface area contributed by atoms with E-state index in [0.29, 0.717) is 15.6 Å². The van der Waals surface area contributed by atoms with E-state index >= 15 is 0 Å². The second kappa shape index (κ2) is 5.50. The molecule has 0 saturated carbocycles. The Morgan fingerprint density at radius 1 is 1.06 bits per heavy atom. The molecule has 0 aliphatic rings. The van der Waals surface area contributed by atoms with Crippen molar-refractivity contribution in [2.45, 2.75) is 6.61 Å². The first-order chi connectivity index (χ1) is 8.59. The minimum absolute atomic E-state index is 0.0671. The first kappa shape index (κ1) is 13.1. The molecule has 1 heterocycles. The van der Waals surface area contributed by atoms with Crippen molar-refractivity contribution in [2.24, 2.45) is 0 Å². The Hall–Kier alpha value is -1.39. The summed E-state index contributed by atoms with van der Waals surface area (Å²) < 4.78 is 29.0. The molecular weight excluding hydrogens is 283 g/mol. The standard InChI is InChI=1S/C12H7Cl2F2NO/c13-7-3-1-4-8(14)10(7)11-9(18-12(15)16)5-2-6-17-11/h1-6,12H. The van der Waals surface area contributed by atoms with Gasteiger partial charge in [0.05, 0.1) is 10.0 Å². The summed E-state index contributed by atoms with van der Waals surface area (Å²) in [5.41, 5.74) is 0.561. The number of hydrogen-bond donors (Lipinski definition) is 0. The second-order valence-corrected chi connectivity index (χ2v) is 4.14. The Morgan fingerprint density at radius 3 is 2.33 bits per heavy atom. The minimum atomic E-state index is -2.94. The van der Waals surface area contributed by atoms with Crippen LogP contribution in [0.5, 0.6) is 5.75 Å². The highest BCUT2D eigenvalue weighted by Gasteiger charge is 2.16. The van der Waals surface area contributed by atoms with Crippen LogP contribution in [0, 0.1) is 0 Å². The highest BCUT2D eigenvalue weighted by atomic mass is 35.5. The van der Waals surface area contributed by atoms with Crippen LogP contribution in [-0.4, -0.2) is 11.6 Å². The lowest BCUT2D eigenvalue weighted by Crippen LogP contribution is -2.04. The molecule has 2 aromatic rings. The van der Waals surface area contributed by atoms with Crippen LogP contribution in [0.2, 0.25) is 10.0 Å². The van der Waals surface area contributed by atoms with E-state index in [0.717, 1.165) is 0 Å². The number of ether oxygens (including phenoxy) is 1. The number of benzene rings is 1. The fourth-order valence-electron chi connectivity index (χ4n) is 1.49. The van der Waals surface area contributed by atoms with Crippen molar-refractivity contribution < 1.29 is 13.5 Å². The third-order valence-electron chi connectivity index (χ3n) is 2.19. The summed E-state index contributed by atoms with van der Waals surface area (Å²) in [6, 6.07) is 7.73. The SMILES string of the molecule is FC(F)Oc1cccnc1-c1c(Cl)cccc1Cl. The maximum Gasteiger partial charge on any atom is 0.387 e. The van der Waals surface area contributed by atoms with Gasteiger partial charge in [-0.2, -0.15) is 8.78 Å². The van der Waals surface area contributed by atoms with Gasteiger partial charge in [-0.3, -0.25) is 4.98 Å². The molecule has 0 aliphatic heterocycles. The van der Waals surface area contributed by atoms with Crippen molar-refractivity contribution >= 4 is 23.2 Å². The lowest BCUT2D eigenvalue weighted by Gasteiger charge is -2.11. The van der Waals surface area contributed by atoms with Crippen molar-refractivity contribution in [3.63, 3.8) is 0 Å². The zero-order valence-electron chi connectivity index (χ0n) is 8.91. The molecule has 1 aromatic carbocycles. The Kier molecular flexibility index (Phi) is 3.99. The molecule has 0 unspecified atom stereocenters. The minimum Gasteiger partial charge on any atom is -0.432 e. The number of halogens is 4. The number of nitrogens with zero attached hydrogens (tertiary/aromatic N) is 1. The van der Waals surface area contributed by atoms with Gasteiger partial charge in [0.25, 0.3) is 0 Å². The third-order valence-corrected chi connectivity index (χ3v) is 2.82. The Bertz CT molecular complexity index is 543. The molecule has 0 atom stereocenters. The highest BCUT2D eigenvalue weighted by molar-refractivity contribution is 6.39. The van der Waals surface area contributed by atoms with Crippen LogP contribution in [0.3, 0.4) is 0 Å². The van der Waals surface area contributed by atoms with Crippen LogP contribution >= 0.6 is 23.2 Å². The molecular formula is C12H7Cl2F2NO. The predicted octanol–water partition coefficient (Wildman–Crippen LogP) is 4.66. The lowest BCUT2D eigenvalue weighted by atomic mass is 10.1. The van der Waals surface area contributed by atoms with E-state index in [4.69, 9.17) is 23.2 Å². The second-order valence-electron chi connectivity index (χ2n) is 3.33. The summed E-state index contributed by atoms with van der Waals surface area (Å²) >= 11 is 12.0. The van der Waals surface area contributed by atoms with E-state index in [9.17, 15) is 8.78 Å². The normalized spacial score (nSPS) is 10.7. The average Bonchev–Trinajstić information content (AvgIpc) is 2.30. The van der Waals surface area contributed by atoms with Gasteiger partial charge < -0.3 is 4.74 Å². The molecule has 0 saturated heterocycles. The summed E-state index contributed by atoms with van der Waals surface area (Å²) in [5, 5.41) is 0.639. The lowest BCUT2D eigenvalue weighted by molar-refractivity contribution is -0.0496. The monoisotopic (exact) mass is 289 g/mol. The van der Waals surface area contributed by atoms with Gasteiger partial charge in [-0.15, -0.1) is 0 Å². The maximum absolute atomic E-state index is 12.3. The molecule has 0 radical (unpaired) electrons. The van der Waals surface area contributed by atoms with E-state index in [1.54, 1.807) is 18.2 Å². The van der Waals surface area contributed by atoms with E-state index in [-0.39, 0.29) is 11.4 Å². The largest absolute Gasteiger partial charge is 0.432 e. The molecule has 2 nitrogen and oxygen atoms in total. The van der Waals surface area contributed by atoms with Gasteiger partial charge in [-0.25, -0.2) is 0 Å². The van der Waals surface area contributed by atoms with E-state index < -0.39 is 6.61 Å². The number of alkyl halides is 2. The van der Waals surface area contributed by atoms with Crippen molar-refractivity contribution in [3.05, 3.63) is 46.6 Å². The van der Waals surface area contributed by atoms with E-state index in [1.807, 2.05) is 0 Å². The van der Waals surface area contributed by atoms with Gasteiger partial charge in [0.1, 0.15) is 5.69 Å². The number of aromatic nitrogens is 1. The number of hydrogen-bond acceptors (Lipinski definition) is 2. The molecule has 6 heteroatoms. The summed E-state index contributed by atoms with van der Waals surface area (Å²) in [4.78, 5) is 4.00. The fourth-order valence-corrected chi connectivity index (χ4v) is 2.07. The molecule has 0 N–H and O–H groups in total. The van der Waals surface area contributed by atoms with Crippen molar-refractivity contribution in [3.8, 4) is 17.0 Å². The highest BCUT2D eigenvalue weighted by Crippen LogP contribution is 2.38. The van der Waals surface area contributed by atoms with Gasteiger partial charge in [0.15, 0.2) is 5.75 Å². The third kappa shape index (κ3) is 2.71. The average molecular weight is 290 g/mol. The molecule has 0 spiro atoms. The van der Waals surface area contributed by atoms with Crippen molar-refractivity contribution in [2.75, 3.05) is 0 Å². The van der Waals surface area contributed by atoms with Gasteiger partial charge in [0, 0.05) is 11.8 Å². The van der Waals surface area contributed by atoms with Gasteiger partial charge >= 0.3 is 6.61 Å².